The lowest BCUT2D eigenvalue weighted by Gasteiger charge is -2.23. The van der Waals surface area contributed by atoms with Crippen LogP contribution in [0.15, 0.2) is 24.3 Å². The molecule has 1 amide bonds. The molecule has 1 aliphatic rings. The molecule has 0 aliphatic carbocycles. The molecule has 0 unspecified atom stereocenters. The topological polar surface area (TPSA) is 81.1 Å². The fraction of sp³-hybridized carbons (Fsp3) is 0.438. The molecule has 1 fully saturated rings. The summed E-state index contributed by atoms with van der Waals surface area (Å²) < 4.78 is 6.81. The first-order chi connectivity index (χ1) is 11.2. The van der Waals surface area contributed by atoms with Gasteiger partial charge in [-0.15, -0.1) is 5.10 Å². The number of nitrogens with zero attached hydrogens (tertiary/aromatic N) is 3. The number of ether oxygens (including phenoxy) is 1. The number of hydrogen-bond donors (Lipinski definition) is 2. The molecule has 2 aromatic rings. The van der Waals surface area contributed by atoms with Gasteiger partial charge in [-0.05, 0) is 57.1 Å². The molecule has 2 heterocycles. The Kier molecular flexibility index (Phi) is 4.57. The number of aromatic nitrogens is 3. The van der Waals surface area contributed by atoms with E-state index in [-0.39, 0.29) is 11.9 Å². The van der Waals surface area contributed by atoms with Crippen molar-refractivity contribution in [2.24, 2.45) is 0 Å². The molecule has 2 N–H and O–H groups in total. The Morgan fingerprint density at radius 3 is 2.65 bits per heavy atom. The van der Waals surface area contributed by atoms with Crippen LogP contribution in [0.2, 0.25) is 0 Å². The average Bonchev–Trinajstić information content (AvgIpc) is 2.97. The first-order valence-corrected chi connectivity index (χ1v) is 7.77. The van der Waals surface area contributed by atoms with E-state index in [0.29, 0.717) is 5.69 Å². The van der Waals surface area contributed by atoms with Gasteiger partial charge >= 0.3 is 0 Å². The molecule has 7 heteroatoms. The minimum atomic E-state index is -0.158. The number of hydrogen-bond acceptors (Lipinski definition) is 5. The van der Waals surface area contributed by atoms with Gasteiger partial charge in [0.05, 0.1) is 18.5 Å². The van der Waals surface area contributed by atoms with Gasteiger partial charge in [-0.3, -0.25) is 4.79 Å². The lowest BCUT2D eigenvalue weighted by molar-refractivity contribution is 0.0923. The molecule has 23 heavy (non-hydrogen) atoms. The summed E-state index contributed by atoms with van der Waals surface area (Å²) in [5.74, 6) is 0.615. The smallest absolute Gasteiger partial charge is 0.273 e. The fourth-order valence-electron chi connectivity index (χ4n) is 2.73. The van der Waals surface area contributed by atoms with Gasteiger partial charge in [0.1, 0.15) is 5.75 Å². The van der Waals surface area contributed by atoms with Crippen LogP contribution in [0.1, 0.15) is 29.0 Å². The highest BCUT2D eigenvalue weighted by Crippen LogP contribution is 2.17. The first kappa shape index (κ1) is 15.5. The van der Waals surface area contributed by atoms with Crippen molar-refractivity contribution in [3.05, 3.63) is 35.7 Å². The zero-order valence-electron chi connectivity index (χ0n) is 13.4. The van der Waals surface area contributed by atoms with Crippen molar-refractivity contribution in [1.82, 2.24) is 25.6 Å². The monoisotopic (exact) mass is 315 g/mol. The van der Waals surface area contributed by atoms with E-state index < -0.39 is 0 Å². The maximum Gasteiger partial charge on any atom is 0.273 e. The predicted molar refractivity (Wildman–Crippen MR) is 86.0 cm³/mol. The van der Waals surface area contributed by atoms with E-state index in [1.807, 2.05) is 31.2 Å². The van der Waals surface area contributed by atoms with Crippen LogP contribution in [0.4, 0.5) is 0 Å². The van der Waals surface area contributed by atoms with Crippen molar-refractivity contribution in [3.63, 3.8) is 0 Å². The van der Waals surface area contributed by atoms with Gasteiger partial charge in [0, 0.05) is 6.04 Å². The third-order valence-electron chi connectivity index (χ3n) is 4.10. The third kappa shape index (κ3) is 3.34. The van der Waals surface area contributed by atoms with Crippen molar-refractivity contribution in [3.8, 4) is 11.4 Å². The van der Waals surface area contributed by atoms with Crippen LogP contribution in [0.5, 0.6) is 5.75 Å². The number of amides is 1. The van der Waals surface area contributed by atoms with E-state index in [2.05, 4.69) is 20.9 Å². The molecule has 0 radical (unpaired) electrons. The van der Waals surface area contributed by atoms with E-state index in [1.54, 1.807) is 11.8 Å². The van der Waals surface area contributed by atoms with Gasteiger partial charge in [-0.1, -0.05) is 5.21 Å². The van der Waals surface area contributed by atoms with E-state index in [9.17, 15) is 4.79 Å². The van der Waals surface area contributed by atoms with Gasteiger partial charge in [0.15, 0.2) is 5.69 Å². The highest BCUT2D eigenvalue weighted by Gasteiger charge is 2.21. The van der Waals surface area contributed by atoms with Gasteiger partial charge in [0.25, 0.3) is 5.91 Å². The van der Waals surface area contributed by atoms with Gasteiger partial charge < -0.3 is 15.4 Å². The Labute approximate surface area is 135 Å². The van der Waals surface area contributed by atoms with Crippen LogP contribution in [-0.2, 0) is 0 Å². The van der Waals surface area contributed by atoms with Crippen LogP contribution in [0, 0.1) is 6.92 Å². The number of piperidine rings is 1. The molecule has 122 valence electrons. The largest absolute Gasteiger partial charge is 0.497 e. The summed E-state index contributed by atoms with van der Waals surface area (Å²) in [5, 5.41) is 14.5. The number of carbonyl (C=O) groups is 1. The van der Waals surface area contributed by atoms with Crippen LogP contribution < -0.4 is 15.4 Å². The molecular weight excluding hydrogens is 294 g/mol. The molecule has 1 saturated heterocycles. The van der Waals surface area contributed by atoms with E-state index in [4.69, 9.17) is 4.74 Å². The van der Waals surface area contributed by atoms with Crippen LogP contribution >= 0.6 is 0 Å². The predicted octanol–water partition coefficient (Wildman–Crippen LogP) is 1.07. The Morgan fingerprint density at radius 2 is 2.00 bits per heavy atom. The molecule has 1 aromatic heterocycles. The summed E-state index contributed by atoms with van der Waals surface area (Å²) in [6, 6.07) is 7.68. The number of nitrogens with one attached hydrogen (secondary N) is 2. The third-order valence-corrected chi connectivity index (χ3v) is 4.10. The maximum absolute atomic E-state index is 12.4. The lowest BCUT2D eigenvalue weighted by Crippen LogP contribution is -2.43. The molecule has 0 bridgehead atoms. The number of benzene rings is 1. The quantitative estimate of drug-likeness (QED) is 0.882. The van der Waals surface area contributed by atoms with Crippen molar-refractivity contribution in [1.29, 1.82) is 0 Å². The van der Waals surface area contributed by atoms with Crippen molar-refractivity contribution in [2.75, 3.05) is 20.2 Å². The summed E-state index contributed by atoms with van der Waals surface area (Å²) in [6.07, 6.45) is 1.88. The molecule has 7 nitrogen and oxygen atoms in total. The normalized spacial score (nSPS) is 15.4. The minimum Gasteiger partial charge on any atom is -0.497 e. The van der Waals surface area contributed by atoms with Crippen LogP contribution in [0.3, 0.4) is 0 Å². The molecular formula is C16H21N5O2. The number of methoxy groups -OCH3 is 1. The fourth-order valence-corrected chi connectivity index (χ4v) is 2.73. The van der Waals surface area contributed by atoms with Gasteiger partial charge in [-0.25, -0.2) is 4.68 Å². The number of carbonyl (C=O) groups excluding carboxylic acids is 1. The first-order valence-electron chi connectivity index (χ1n) is 7.77. The molecule has 0 spiro atoms. The van der Waals surface area contributed by atoms with Crippen molar-refractivity contribution >= 4 is 5.91 Å². The summed E-state index contributed by atoms with van der Waals surface area (Å²) in [4.78, 5) is 12.4. The summed E-state index contributed by atoms with van der Waals surface area (Å²) in [7, 11) is 1.62. The summed E-state index contributed by atoms with van der Waals surface area (Å²) in [5.41, 5.74) is 1.94. The van der Waals surface area contributed by atoms with Crippen molar-refractivity contribution < 1.29 is 9.53 Å². The number of rotatable bonds is 4. The Balaban J connectivity index is 1.76. The Bertz CT molecular complexity index is 674. The summed E-state index contributed by atoms with van der Waals surface area (Å²) in [6.45, 7) is 3.71. The van der Waals surface area contributed by atoms with E-state index >= 15 is 0 Å². The van der Waals surface area contributed by atoms with Crippen molar-refractivity contribution in [2.45, 2.75) is 25.8 Å². The zero-order chi connectivity index (χ0) is 16.2. The van der Waals surface area contributed by atoms with E-state index in [1.165, 1.54) is 0 Å². The second-order valence-corrected chi connectivity index (χ2v) is 5.63. The highest BCUT2D eigenvalue weighted by atomic mass is 16.5. The summed E-state index contributed by atoms with van der Waals surface area (Å²) >= 11 is 0. The van der Waals surface area contributed by atoms with Crippen LogP contribution in [0.25, 0.3) is 5.69 Å². The van der Waals surface area contributed by atoms with E-state index in [0.717, 1.165) is 43.1 Å². The Morgan fingerprint density at radius 1 is 1.30 bits per heavy atom. The second-order valence-electron chi connectivity index (χ2n) is 5.63. The van der Waals surface area contributed by atoms with Crippen LogP contribution in [-0.4, -0.2) is 47.1 Å². The Hall–Kier alpha value is -2.41. The standard InChI is InChI=1S/C16H21N5O2/c1-11-15(16(22)18-12-7-9-17-10-8-12)19-20-21(11)13-3-5-14(23-2)6-4-13/h3-6,12,17H,7-10H2,1-2H3,(H,18,22). The van der Waals surface area contributed by atoms with Gasteiger partial charge in [0.2, 0.25) is 0 Å². The minimum absolute atomic E-state index is 0.158. The average molecular weight is 315 g/mol. The highest BCUT2D eigenvalue weighted by molar-refractivity contribution is 5.93. The SMILES string of the molecule is COc1ccc(-n2nnc(C(=O)NC3CCNCC3)c2C)cc1. The molecule has 1 aromatic carbocycles. The molecule has 0 atom stereocenters. The zero-order valence-corrected chi connectivity index (χ0v) is 13.4. The maximum atomic E-state index is 12.4. The molecule has 3 rings (SSSR count). The second kappa shape index (κ2) is 6.78. The molecule has 1 aliphatic heterocycles. The lowest BCUT2D eigenvalue weighted by atomic mass is 10.1. The molecule has 0 saturated carbocycles. The van der Waals surface area contributed by atoms with Gasteiger partial charge in [-0.2, -0.15) is 0 Å².